The highest BCUT2D eigenvalue weighted by Crippen LogP contribution is 2.23. The zero-order chi connectivity index (χ0) is 13.8. The highest BCUT2D eigenvalue weighted by Gasteiger charge is 2.25. The molecular weight excluding hydrogens is 242 g/mol. The minimum absolute atomic E-state index is 0.00197. The van der Waals surface area contributed by atoms with Gasteiger partial charge in [0.2, 0.25) is 5.91 Å². The molecule has 3 N–H and O–H groups in total. The molecular formula is C13H23N5O. The molecule has 0 saturated heterocycles. The normalized spacial score (nSPS) is 19.8. The lowest BCUT2D eigenvalue weighted by molar-refractivity contribution is -0.122. The summed E-state index contributed by atoms with van der Waals surface area (Å²) in [6.07, 6.45) is 3.98. The zero-order valence-electron chi connectivity index (χ0n) is 11.7. The molecule has 106 valence electrons. The quantitative estimate of drug-likeness (QED) is 0.829. The van der Waals surface area contributed by atoms with Gasteiger partial charge in [-0.05, 0) is 26.2 Å². The summed E-state index contributed by atoms with van der Waals surface area (Å²) in [6, 6.07) is 0.0644. The van der Waals surface area contributed by atoms with Crippen LogP contribution in [0.3, 0.4) is 0 Å². The van der Waals surface area contributed by atoms with Gasteiger partial charge in [0.15, 0.2) is 5.82 Å². The summed E-state index contributed by atoms with van der Waals surface area (Å²) in [4.78, 5) is 16.4. The Morgan fingerprint density at radius 1 is 1.63 bits per heavy atom. The Bertz CT molecular complexity index is 440. The Balaban J connectivity index is 1.99. The van der Waals surface area contributed by atoms with Crippen molar-refractivity contribution in [3.8, 4) is 0 Å². The van der Waals surface area contributed by atoms with Crippen LogP contribution in [0.4, 0.5) is 0 Å². The molecule has 0 radical (unpaired) electrons. The van der Waals surface area contributed by atoms with Crippen molar-refractivity contribution in [3.05, 3.63) is 11.6 Å². The van der Waals surface area contributed by atoms with Crippen LogP contribution in [-0.4, -0.2) is 26.7 Å². The van der Waals surface area contributed by atoms with E-state index in [-0.39, 0.29) is 18.0 Å². The van der Waals surface area contributed by atoms with Gasteiger partial charge in [0.25, 0.3) is 0 Å². The number of nitrogens with one attached hydrogen (secondary N) is 1. The zero-order valence-corrected chi connectivity index (χ0v) is 11.7. The van der Waals surface area contributed by atoms with E-state index in [9.17, 15) is 4.79 Å². The molecule has 1 aromatic rings. The van der Waals surface area contributed by atoms with E-state index in [0.29, 0.717) is 12.8 Å². The number of hydrogen-bond donors (Lipinski definition) is 2. The van der Waals surface area contributed by atoms with Crippen molar-refractivity contribution in [2.24, 2.45) is 5.73 Å². The highest BCUT2D eigenvalue weighted by atomic mass is 16.1. The Labute approximate surface area is 113 Å². The van der Waals surface area contributed by atoms with Crippen LogP contribution in [0.15, 0.2) is 0 Å². The lowest BCUT2D eigenvalue weighted by atomic mass is 10.1. The number of carbonyl (C=O) groups is 1. The van der Waals surface area contributed by atoms with Crippen molar-refractivity contribution >= 4 is 5.91 Å². The van der Waals surface area contributed by atoms with Crippen molar-refractivity contribution in [3.63, 3.8) is 0 Å². The number of carbonyl (C=O) groups excluding carboxylic acids is 1. The summed E-state index contributed by atoms with van der Waals surface area (Å²) in [7, 11) is 0. The number of nitrogens with zero attached hydrogens (tertiary/aromatic N) is 3. The molecule has 0 bridgehead atoms. The molecule has 1 amide bonds. The van der Waals surface area contributed by atoms with Crippen molar-refractivity contribution in [2.75, 3.05) is 0 Å². The summed E-state index contributed by atoms with van der Waals surface area (Å²) >= 11 is 0. The largest absolute Gasteiger partial charge is 0.346 e. The molecule has 2 rings (SSSR count). The third-order valence-electron chi connectivity index (χ3n) is 3.40. The smallest absolute Gasteiger partial charge is 0.220 e. The monoisotopic (exact) mass is 265 g/mol. The van der Waals surface area contributed by atoms with E-state index >= 15 is 0 Å². The number of aromatic nitrogens is 3. The summed E-state index contributed by atoms with van der Waals surface area (Å²) in [5, 5.41) is 7.49. The fourth-order valence-electron chi connectivity index (χ4n) is 2.31. The van der Waals surface area contributed by atoms with Gasteiger partial charge in [0.05, 0.1) is 6.04 Å². The van der Waals surface area contributed by atoms with Gasteiger partial charge < -0.3 is 11.1 Å². The molecule has 6 heteroatoms. The second kappa shape index (κ2) is 6.14. The molecule has 0 aromatic carbocycles. The van der Waals surface area contributed by atoms with Crippen LogP contribution in [0.2, 0.25) is 0 Å². The molecule has 0 saturated carbocycles. The summed E-state index contributed by atoms with van der Waals surface area (Å²) in [5.74, 6) is 1.81. The molecule has 1 aliphatic rings. The first kappa shape index (κ1) is 14.0. The number of nitrogens with two attached hydrogens (primary N) is 1. The van der Waals surface area contributed by atoms with E-state index in [4.69, 9.17) is 5.73 Å². The van der Waals surface area contributed by atoms with E-state index in [1.165, 1.54) is 0 Å². The summed E-state index contributed by atoms with van der Waals surface area (Å²) in [6.45, 7) is 4.85. The maximum absolute atomic E-state index is 11.9. The van der Waals surface area contributed by atoms with Crippen LogP contribution in [0.1, 0.15) is 57.2 Å². The molecule has 19 heavy (non-hydrogen) atoms. The third-order valence-corrected chi connectivity index (χ3v) is 3.40. The van der Waals surface area contributed by atoms with Gasteiger partial charge in [-0.2, -0.15) is 5.10 Å². The van der Waals surface area contributed by atoms with Crippen LogP contribution < -0.4 is 11.1 Å². The van der Waals surface area contributed by atoms with Crippen LogP contribution in [0.5, 0.6) is 0 Å². The number of rotatable bonds is 5. The predicted octanol–water partition coefficient (Wildman–Crippen LogP) is 0.919. The van der Waals surface area contributed by atoms with Gasteiger partial charge in [0.1, 0.15) is 5.82 Å². The van der Waals surface area contributed by atoms with Crippen molar-refractivity contribution in [2.45, 2.75) is 64.6 Å². The average molecular weight is 265 g/mol. The Morgan fingerprint density at radius 2 is 2.42 bits per heavy atom. The molecule has 0 fully saturated rings. The minimum atomic E-state index is 0.00197. The number of fused-ring (bicyclic) bond motifs is 1. The van der Waals surface area contributed by atoms with Crippen LogP contribution >= 0.6 is 0 Å². The van der Waals surface area contributed by atoms with E-state index < -0.39 is 0 Å². The number of amides is 1. The molecule has 2 unspecified atom stereocenters. The van der Waals surface area contributed by atoms with Crippen LogP contribution in [-0.2, 0) is 17.8 Å². The highest BCUT2D eigenvalue weighted by molar-refractivity contribution is 5.76. The van der Waals surface area contributed by atoms with Gasteiger partial charge in [-0.15, -0.1) is 0 Å². The molecule has 6 nitrogen and oxygen atoms in total. The summed E-state index contributed by atoms with van der Waals surface area (Å²) in [5.41, 5.74) is 5.67. The maximum atomic E-state index is 11.9. The first-order chi connectivity index (χ1) is 9.10. The van der Waals surface area contributed by atoms with Crippen LogP contribution in [0.25, 0.3) is 0 Å². The molecule has 2 atom stereocenters. The van der Waals surface area contributed by atoms with Gasteiger partial charge in [-0.3, -0.25) is 4.79 Å². The van der Waals surface area contributed by atoms with E-state index in [1.54, 1.807) is 0 Å². The maximum Gasteiger partial charge on any atom is 0.220 e. The van der Waals surface area contributed by atoms with E-state index in [1.807, 2.05) is 18.5 Å². The fraction of sp³-hybridized carbons (Fsp3) is 0.769. The first-order valence-electron chi connectivity index (χ1n) is 7.08. The molecule has 0 aliphatic carbocycles. The molecule has 0 spiro atoms. The standard InChI is InChI=1S/C13H23N5O/c1-3-11-16-13-10(5-4-8-18(13)17-11)15-12(19)7-6-9(2)14/h9-10H,3-8,14H2,1-2H3,(H,15,19). The van der Waals surface area contributed by atoms with E-state index in [2.05, 4.69) is 15.4 Å². The van der Waals surface area contributed by atoms with E-state index in [0.717, 1.165) is 37.5 Å². The topological polar surface area (TPSA) is 85.8 Å². The van der Waals surface area contributed by atoms with Gasteiger partial charge in [-0.1, -0.05) is 6.92 Å². The van der Waals surface area contributed by atoms with Gasteiger partial charge in [-0.25, -0.2) is 9.67 Å². The molecule has 1 aromatic heterocycles. The lowest BCUT2D eigenvalue weighted by Crippen LogP contribution is -2.33. The second-order valence-electron chi connectivity index (χ2n) is 5.24. The Kier molecular flexibility index (Phi) is 4.52. The number of hydrogen-bond acceptors (Lipinski definition) is 4. The fourth-order valence-corrected chi connectivity index (χ4v) is 2.31. The minimum Gasteiger partial charge on any atom is -0.346 e. The Hall–Kier alpha value is -1.43. The van der Waals surface area contributed by atoms with Gasteiger partial charge in [0, 0.05) is 25.4 Å². The van der Waals surface area contributed by atoms with Crippen LogP contribution in [0, 0.1) is 0 Å². The SMILES string of the molecule is CCc1nc2n(n1)CCCC2NC(=O)CCC(C)N. The lowest BCUT2D eigenvalue weighted by Gasteiger charge is -2.23. The molecule has 1 aliphatic heterocycles. The van der Waals surface area contributed by atoms with Gasteiger partial charge >= 0.3 is 0 Å². The third kappa shape index (κ3) is 3.53. The predicted molar refractivity (Wildman–Crippen MR) is 72.4 cm³/mol. The van der Waals surface area contributed by atoms with Crippen molar-refractivity contribution < 1.29 is 4.79 Å². The average Bonchev–Trinajstić information content (AvgIpc) is 2.80. The Morgan fingerprint density at radius 3 is 3.11 bits per heavy atom. The summed E-state index contributed by atoms with van der Waals surface area (Å²) < 4.78 is 1.93. The van der Waals surface area contributed by atoms with Crippen molar-refractivity contribution in [1.82, 2.24) is 20.1 Å². The molecule has 2 heterocycles. The van der Waals surface area contributed by atoms with Crippen molar-refractivity contribution in [1.29, 1.82) is 0 Å². The second-order valence-corrected chi connectivity index (χ2v) is 5.24. The number of aryl methyl sites for hydroxylation is 2. The first-order valence-corrected chi connectivity index (χ1v) is 7.08.